The molecule has 24 nitrogen and oxygen atoms in total. The Balaban J connectivity index is 0.937. The summed E-state index contributed by atoms with van der Waals surface area (Å²) in [7, 11) is 0. The highest BCUT2D eigenvalue weighted by Crippen LogP contribution is 2.42. The van der Waals surface area contributed by atoms with Gasteiger partial charge in [-0.15, -0.1) is 0 Å². The number of carbonyl (C=O) groups excluding carboxylic acids is 4. The Morgan fingerprint density at radius 1 is 0.591 bits per heavy atom. The molecule has 10 N–H and O–H groups in total. The Kier molecular flexibility index (Phi) is 24.5. The largest absolute Gasteiger partial charge is 0.445 e. The van der Waals surface area contributed by atoms with Crippen molar-refractivity contribution in [2.45, 2.75) is 195 Å². The number of unbranched alkanes of at least 4 members (excludes halogenated alkanes) is 1. The van der Waals surface area contributed by atoms with E-state index < -0.39 is 153 Å². The number of ketones is 1. The number of benzene rings is 4. The maximum atomic E-state index is 13.8. The molecule has 1 saturated carbocycles. The second-order valence-electron chi connectivity index (χ2n) is 23.2. The zero-order valence-corrected chi connectivity index (χ0v) is 49.0. The number of aliphatic hydroxyl groups is 7. The molecule has 9 rings (SSSR count). The number of ether oxygens (including phenoxy) is 10. The van der Waals surface area contributed by atoms with Crippen molar-refractivity contribution in [3.05, 3.63) is 144 Å². The lowest BCUT2D eigenvalue weighted by Gasteiger charge is -2.48. The normalized spacial score (nSPS) is 32.4. The average Bonchev–Trinajstić information content (AvgIpc) is 1.53. The number of hydrogen-bond donors (Lipinski definition) is 10. The minimum Gasteiger partial charge on any atom is -0.445 e. The second-order valence-corrected chi connectivity index (χ2v) is 23.2. The third-order valence-electron chi connectivity index (χ3n) is 16.8. The number of rotatable bonds is 26. The predicted molar refractivity (Wildman–Crippen MR) is 310 cm³/mol. The molecule has 88 heavy (non-hydrogen) atoms. The SMILES string of the molecule is C[C@H]1C[C@@H](CC(=O)[C@@H](O)CCNC(=O)OCc2ccccc2)[C@H](O)[C@@H](O[C@@H]2O[C@H](CO)[C@@H](O[C@H]3O[C@H]4CCC(c5ccccc5)O[C@H]4[C@H](O)[C@H]3NC(=O)OCc3ccccc3)[C@H]2O)[C@@H]1O[C@H]1O[C@H](CCCCO)[C@@H](O)C[C@H]1NC(=O)OCc1ccccc1. The Morgan fingerprint density at radius 3 is 1.77 bits per heavy atom. The highest BCUT2D eigenvalue weighted by Gasteiger charge is 2.56. The van der Waals surface area contributed by atoms with Gasteiger partial charge in [-0.3, -0.25) is 4.79 Å². The fraction of sp³-hybridized carbons (Fsp3) is 0.562. The molecule has 20 atom stereocenters. The Morgan fingerprint density at radius 2 is 1.16 bits per heavy atom. The van der Waals surface area contributed by atoms with Crippen molar-refractivity contribution in [1.82, 2.24) is 16.0 Å². The van der Waals surface area contributed by atoms with Gasteiger partial charge in [0, 0.05) is 26.0 Å². The van der Waals surface area contributed by atoms with Gasteiger partial charge in [0.15, 0.2) is 24.7 Å². The zero-order chi connectivity index (χ0) is 62.1. The minimum atomic E-state index is -1.80. The number of nitrogens with one attached hydrogen (secondary N) is 3. The van der Waals surface area contributed by atoms with Crippen LogP contribution in [0.4, 0.5) is 14.4 Å². The first-order chi connectivity index (χ1) is 42.7. The first kappa shape index (κ1) is 66.2. The van der Waals surface area contributed by atoms with Gasteiger partial charge in [-0.1, -0.05) is 128 Å². The summed E-state index contributed by atoms with van der Waals surface area (Å²) in [6.07, 6.45) is -21.7. The van der Waals surface area contributed by atoms with E-state index in [0.717, 1.165) is 11.1 Å². The van der Waals surface area contributed by atoms with Crippen LogP contribution in [0.1, 0.15) is 93.1 Å². The number of alkyl carbamates (subject to hydrolysis) is 3. The molecule has 4 aromatic carbocycles. The van der Waals surface area contributed by atoms with E-state index in [1.165, 1.54) is 0 Å². The molecule has 1 aliphatic carbocycles. The summed E-state index contributed by atoms with van der Waals surface area (Å²) < 4.78 is 61.9. The standard InChI is InChI=1S/C64H83N3O21/c1-37-30-42(31-45(71)44(70)27-28-65-62(76)79-34-38-16-6-2-7-17-38)52(73)58(55(37)86-59-43(32-46(72)48(83-59)24-14-15-29-68)66-63(77)80-35-39-18-8-3-9-19-39)88-61-54(75)57(50(33-69)85-61)87-60-51(67-64(78)81-36-40-20-10-4-11-21-40)53(74)56-49(84-60)26-25-47(82-56)41-22-12-5-13-23-41/h2-13,16-23,37,42-44,46-61,68-70,72-75H,14-15,24-36H2,1H3,(H,65,76)(H,66,77)(H,67,78)/t37-,42-,43+,44-,46-,47?,48+,49-,50+,51+,52-,53+,54+,55+,56+,57+,58+,59+,60+,61-/m0/s1. The molecule has 5 fully saturated rings. The third-order valence-corrected chi connectivity index (χ3v) is 16.8. The van der Waals surface area contributed by atoms with Gasteiger partial charge in [-0.05, 0) is 79.0 Å². The van der Waals surface area contributed by atoms with Crippen molar-refractivity contribution in [1.29, 1.82) is 0 Å². The Labute approximate surface area is 510 Å². The second kappa shape index (κ2) is 32.5. The van der Waals surface area contributed by atoms with Gasteiger partial charge in [-0.25, -0.2) is 14.4 Å². The van der Waals surface area contributed by atoms with Gasteiger partial charge < -0.3 is 99.1 Å². The van der Waals surface area contributed by atoms with E-state index in [1.807, 2.05) is 48.5 Å². The summed E-state index contributed by atoms with van der Waals surface area (Å²) in [4.78, 5) is 53.4. The van der Waals surface area contributed by atoms with Gasteiger partial charge in [0.25, 0.3) is 0 Å². The van der Waals surface area contributed by atoms with Crippen LogP contribution in [0.15, 0.2) is 121 Å². The van der Waals surface area contributed by atoms with Gasteiger partial charge in [0.1, 0.15) is 68.6 Å². The van der Waals surface area contributed by atoms with E-state index in [-0.39, 0.29) is 58.7 Å². The topological polar surface area (TPSA) is 338 Å². The first-order valence-electron chi connectivity index (χ1n) is 30.3. The summed E-state index contributed by atoms with van der Waals surface area (Å²) >= 11 is 0. The van der Waals surface area contributed by atoms with Crippen LogP contribution in [-0.2, 0) is 72.0 Å². The molecule has 4 aromatic rings. The van der Waals surface area contributed by atoms with E-state index in [4.69, 9.17) is 47.4 Å². The van der Waals surface area contributed by atoms with Crippen LogP contribution < -0.4 is 16.0 Å². The molecule has 4 aliphatic heterocycles. The smallest absolute Gasteiger partial charge is 0.407 e. The third kappa shape index (κ3) is 17.8. The van der Waals surface area contributed by atoms with E-state index >= 15 is 0 Å². The van der Waals surface area contributed by atoms with Crippen LogP contribution in [0.2, 0.25) is 0 Å². The van der Waals surface area contributed by atoms with Crippen LogP contribution in [0.5, 0.6) is 0 Å². The van der Waals surface area contributed by atoms with Crippen molar-refractivity contribution in [3.63, 3.8) is 0 Å². The van der Waals surface area contributed by atoms with E-state index in [2.05, 4.69) is 16.0 Å². The van der Waals surface area contributed by atoms with E-state index in [1.54, 1.807) is 79.7 Å². The molecule has 4 saturated heterocycles. The average molecular weight is 1230 g/mol. The lowest BCUT2D eigenvalue weighted by molar-refractivity contribution is -0.311. The molecular weight excluding hydrogens is 1150 g/mol. The molecular formula is C64H83N3O21. The fourth-order valence-corrected chi connectivity index (χ4v) is 12.1. The maximum Gasteiger partial charge on any atom is 0.407 e. The minimum absolute atomic E-state index is 0.00735. The van der Waals surface area contributed by atoms with Crippen LogP contribution >= 0.6 is 0 Å². The Hall–Kier alpha value is -6.20. The molecule has 0 spiro atoms. The van der Waals surface area contributed by atoms with Crippen molar-refractivity contribution < 1.29 is 102 Å². The molecule has 0 bridgehead atoms. The van der Waals surface area contributed by atoms with Crippen molar-refractivity contribution in [2.24, 2.45) is 11.8 Å². The molecule has 4 heterocycles. The number of amides is 3. The van der Waals surface area contributed by atoms with Crippen LogP contribution in [-0.4, -0.2) is 184 Å². The van der Waals surface area contributed by atoms with Gasteiger partial charge >= 0.3 is 18.3 Å². The lowest BCUT2D eigenvalue weighted by Crippen LogP contribution is -2.66. The molecule has 0 radical (unpaired) electrons. The zero-order valence-electron chi connectivity index (χ0n) is 49.0. The van der Waals surface area contributed by atoms with Gasteiger partial charge in [0.05, 0.1) is 49.3 Å². The summed E-state index contributed by atoms with van der Waals surface area (Å²) in [5.74, 6) is -2.21. The monoisotopic (exact) mass is 1230 g/mol. The fourth-order valence-electron chi connectivity index (χ4n) is 12.1. The molecule has 3 amide bonds. The first-order valence-corrected chi connectivity index (χ1v) is 30.3. The number of hydrogen-bond acceptors (Lipinski definition) is 21. The van der Waals surface area contributed by atoms with Crippen molar-refractivity contribution >= 4 is 24.1 Å². The molecule has 1 unspecified atom stereocenters. The molecule has 24 heteroatoms. The number of Topliss-reactive ketones (excluding diaryl/α,β-unsaturated/α-hetero) is 1. The molecule has 5 aliphatic rings. The van der Waals surface area contributed by atoms with Crippen molar-refractivity contribution in [3.8, 4) is 0 Å². The number of carbonyl (C=O) groups is 4. The van der Waals surface area contributed by atoms with Gasteiger partial charge in [-0.2, -0.15) is 0 Å². The summed E-state index contributed by atoms with van der Waals surface area (Å²) in [6.45, 7) is 0.605. The highest BCUT2D eigenvalue weighted by atomic mass is 16.8. The molecule has 0 aromatic heterocycles. The summed E-state index contributed by atoms with van der Waals surface area (Å²) in [5, 5.41) is 88.0. The van der Waals surface area contributed by atoms with Crippen LogP contribution in [0, 0.1) is 11.8 Å². The summed E-state index contributed by atoms with van der Waals surface area (Å²) in [6, 6.07) is 33.9. The van der Waals surface area contributed by atoms with Gasteiger partial charge in [0.2, 0.25) is 0 Å². The van der Waals surface area contributed by atoms with E-state index in [9.17, 15) is 54.9 Å². The highest BCUT2D eigenvalue weighted by molar-refractivity contribution is 5.83. The predicted octanol–water partition coefficient (Wildman–Crippen LogP) is 4.11. The van der Waals surface area contributed by atoms with Crippen LogP contribution in [0.3, 0.4) is 0 Å². The summed E-state index contributed by atoms with van der Waals surface area (Å²) in [5.41, 5.74) is 3.05. The van der Waals surface area contributed by atoms with E-state index in [0.29, 0.717) is 43.2 Å². The Bertz CT molecular complexity index is 2780. The number of fused-ring (bicyclic) bond motifs is 1. The lowest BCUT2D eigenvalue weighted by atomic mass is 9.74. The molecule has 480 valence electrons. The van der Waals surface area contributed by atoms with Crippen LogP contribution in [0.25, 0.3) is 0 Å². The quantitative estimate of drug-likeness (QED) is 0.0312. The number of aliphatic hydroxyl groups excluding tert-OH is 7. The maximum absolute atomic E-state index is 13.8. The van der Waals surface area contributed by atoms with Crippen molar-refractivity contribution in [2.75, 3.05) is 19.8 Å².